The molecule has 17 heavy (non-hydrogen) atoms. The van der Waals surface area contributed by atoms with E-state index in [1.807, 2.05) is 6.08 Å². The second-order valence-electron chi connectivity index (χ2n) is 4.85. The number of rotatable bonds is 6. The molecule has 1 aliphatic heterocycles. The normalized spacial score (nSPS) is 23.8. The lowest BCUT2D eigenvalue weighted by molar-refractivity contribution is 0.0107. The zero-order valence-corrected chi connectivity index (χ0v) is 11.2. The minimum absolute atomic E-state index is 0.160. The van der Waals surface area contributed by atoms with E-state index in [1.165, 1.54) is 38.5 Å². The van der Waals surface area contributed by atoms with Gasteiger partial charge in [0, 0.05) is 13.0 Å². The van der Waals surface area contributed by atoms with Crippen LogP contribution in [-0.4, -0.2) is 12.7 Å². The molecule has 0 aromatic carbocycles. The first-order chi connectivity index (χ1) is 8.38. The van der Waals surface area contributed by atoms with Gasteiger partial charge in [-0.1, -0.05) is 38.2 Å². The molecule has 0 saturated carbocycles. The fourth-order valence-corrected chi connectivity index (χ4v) is 2.27. The van der Waals surface area contributed by atoms with Crippen LogP contribution in [0.15, 0.2) is 12.7 Å². The monoisotopic (exact) mass is 234 g/mol. The van der Waals surface area contributed by atoms with Crippen molar-refractivity contribution in [3.05, 3.63) is 12.7 Å². The Morgan fingerprint density at radius 1 is 1.35 bits per heavy atom. The van der Waals surface area contributed by atoms with Gasteiger partial charge in [-0.25, -0.2) is 0 Å². The molecule has 0 radical (unpaired) electrons. The molecule has 1 heteroatoms. The summed E-state index contributed by atoms with van der Waals surface area (Å²) in [5.74, 6) is 7.18. The lowest BCUT2D eigenvalue weighted by Crippen LogP contribution is -2.27. The Hall–Kier alpha value is -0.740. The first-order valence-electron chi connectivity index (χ1n) is 7.09. The molecule has 2 atom stereocenters. The summed E-state index contributed by atoms with van der Waals surface area (Å²) in [5, 5.41) is 0. The average Bonchev–Trinajstić information content (AvgIpc) is 2.36. The van der Waals surface area contributed by atoms with Gasteiger partial charge in [0.15, 0.2) is 0 Å². The van der Waals surface area contributed by atoms with Crippen LogP contribution in [0.5, 0.6) is 0 Å². The van der Waals surface area contributed by atoms with E-state index in [4.69, 9.17) is 4.74 Å². The highest BCUT2D eigenvalue weighted by Gasteiger charge is 2.22. The third-order valence-electron chi connectivity index (χ3n) is 3.31. The molecule has 1 nitrogen and oxygen atoms in total. The van der Waals surface area contributed by atoms with Crippen molar-refractivity contribution in [2.45, 2.75) is 64.4 Å². The van der Waals surface area contributed by atoms with Crippen LogP contribution >= 0.6 is 0 Å². The van der Waals surface area contributed by atoms with Crippen LogP contribution in [0.1, 0.15) is 58.3 Å². The minimum atomic E-state index is 0.160. The van der Waals surface area contributed by atoms with Gasteiger partial charge in [-0.15, -0.1) is 12.5 Å². The predicted octanol–water partition coefficient (Wildman–Crippen LogP) is 4.33. The maximum Gasteiger partial charge on any atom is 0.121 e. The van der Waals surface area contributed by atoms with Crippen molar-refractivity contribution in [3.8, 4) is 11.8 Å². The SMILES string of the molecule is C=CC[C@@H]1CCCO[C@H]1C#CCCCCCC. The molecule has 0 bridgehead atoms. The van der Waals surface area contributed by atoms with Crippen molar-refractivity contribution in [2.75, 3.05) is 6.61 Å². The van der Waals surface area contributed by atoms with Crippen LogP contribution in [0.2, 0.25) is 0 Å². The molecule has 1 aliphatic rings. The van der Waals surface area contributed by atoms with E-state index in [9.17, 15) is 0 Å². The summed E-state index contributed by atoms with van der Waals surface area (Å²) in [7, 11) is 0. The van der Waals surface area contributed by atoms with Crippen LogP contribution in [-0.2, 0) is 4.74 Å². The van der Waals surface area contributed by atoms with Crippen molar-refractivity contribution >= 4 is 0 Å². The average molecular weight is 234 g/mol. The lowest BCUT2D eigenvalue weighted by Gasteiger charge is -2.27. The Morgan fingerprint density at radius 3 is 3.00 bits per heavy atom. The Bertz CT molecular complexity index is 258. The Labute approximate surface area is 107 Å². The highest BCUT2D eigenvalue weighted by Crippen LogP contribution is 2.23. The van der Waals surface area contributed by atoms with Gasteiger partial charge in [0.25, 0.3) is 0 Å². The molecule has 0 aliphatic carbocycles. The highest BCUT2D eigenvalue weighted by molar-refractivity contribution is 5.08. The smallest absolute Gasteiger partial charge is 0.121 e. The van der Waals surface area contributed by atoms with Gasteiger partial charge in [-0.05, 0) is 31.6 Å². The van der Waals surface area contributed by atoms with Crippen molar-refractivity contribution < 1.29 is 4.74 Å². The molecular formula is C16H26O. The summed E-state index contributed by atoms with van der Waals surface area (Å²) in [6.45, 7) is 6.93. The van der Waals surface area contributed by atoms with Gasteiger partial charge in [-0.3, -0.25) is 0 Å². The van der Waals surface area contributed by atoms with Crippen LogP contribution < -0.4 is 0 Å². The number of hydrogen-bond donors (Lipinski definition) is 0. The Morgan fingerprint density at radius 2 is 2.24 bits per heavy atom. The fraction of sp³-hybridized carbons (Fsp3) is 0.750. The molecule has 1 rings (SSSR count). The van der Waals surface area contributed by atoms with Crippen molar-refractivity contribution in [1.82, 2.24) is 0 Å². The third-order valence-corrected chi connectivity index (χ3v) is 3.31. The van der Waals surface area contributed by atoms with E-state index in [0.29, 0.717) is 5.92 Å². The molecule has 0 N–H and O–H groups in total. The second kappa shape index (κ2) is 9.31. The van der Waals surface area contributed by atoms with E-state index in [-0.39, 0.29) is 6.10 Å². The van der Waals surface area contributed by atoms with Gasteiger partial charge in [-0.2, -0.15) is 0 Å². The maximum atomic E-state index is 5.75. The highest BCUT2D eigenvalue weighted by atomic mass is 16.5. The standard InChI is InChI=1S/C16H26O/c1-3-5-6-7-8-9-13-16-15(11-4-2)12-10-14-17-16/h4,15-16H,2-3,5-8,10-12,14H2,1H3/t15-,16+/m1/s1. The predicted molar refractivity (Wildman–Crippen MR) is 73.8 cm³/mol. The fourth-order valence-electron chi connectivity index (χ4n) is 2.27. The van der Waals surface area contributed by atoms with Crippen molar-refractivity contribution in [2.24, 2.45) is 5.92 Å². The first-order valence-corrected chi connectivity index (χ1v) is 7.09. The molecule has 0 spiro atoms. The van der Waals surface area contributed by atoms with Crippen LogP contribution in [0.3, 0.4) is 0 Å². The molecule has 0 unspecified atom stereocenters. The largest absolute Gasteiger partial charge is 0.365 e. The van der Waals surface area contributed by atoms with Crippen molar-refractivity contribution in [1.29, 1.82) is 0 Å². The van der Waals surface area contributed by atoms with Crippen molar-refractivity contribution in [3.63, 3.8) is 0 Å². The van der Waals surface area contributed by atoms with Crippen LogP contribution in [0.4, 0.5) is 0 Å². The quantitative estimate of drug-likeness (QED) is 0.377. The van der Waals surface area contributed by atoms with Gasteiger partial charge in [0.2, 0.25) is 0 Å². The molecule has 0 aromatic heterocycles. The third kappa shape index (κ3) is 5.94. The molecule has 1 saturated heterocycles. The van der Waals surface area contributed by atoms with E-state index in [0.717, 1.165) is 19.4 Å². The molecular weight excluding hydrogens is 208 g/mol. The summed E-state index contributed by atoms with van der Waals surface area (Å²) >= 11 is 0. The maximum absolute atomic E-state index is 5.75. The zero-order chi connectivity index (χ0) is 12.3. The molecule has 1 fully saturated rings. The van der Waals surface area contributed by atoms with Crippen LogP contribution in [0.25, 0.3) is 0 Å². The minimum Gasteiger partial charge on any atom is -0.365 e. The van der Waals surface area contributed by atoms with E-state index in [1.54, 1.807) is 0 Å². The topological polar surface area (TPSA) is 9.23 Å². The summed E-state index contributed by atoms with van der Waals surface area (Å²) in [5.41, 5.74) is 0. The first kappa shape index (κ1) is 14.3. The summed E-state index contributed by atoms with van der Waals surface area (Å²) in [6, 6.07) is 0. The second-order valence-corrected chi connectivity index (χ2v) is 4.85. The number of allylic oxidation sites excluding steroid dienone is 1. The van der Waals surface area contributed by atoms with E-state index < -0.39 is 0 Å². The van der Waals surface area contributed by atoms with E-state index >= 15 is 0 Å². The van der Waals surface area contributed by atoms with Gasteiger partial charge < -0.3 is 4.74 Å². The van der Waals surface area contributed by atoms with Crippen LogP contribution in [0, 0.1) is 17.8 Å². The molecule has 0 aromatic rings. The molecule has 0 amide bonds. The summed E-state index contributed by atoms with van der Waals surface area (Å²) < 4.78 is 5.75. The number of ether oxygens (including phenoxy) is 1. The number of unbranched alkanes of at least 4 members (excludes halogenated alkanes) is 4. The number of hydrogen-bond acceptors (Lipinski definition) is 1. The van der Waals surface area contributed by atoms with Gasteiger partial charge in [0.1, 0.15) is 6.10 Å². The zero-order valence-electron chi connectivity index (χ0n) is 11.2. The van der Waals surface area contributed by atoms with E-state index in [2.05, 4.69) is 25.3 Å². The Kier molecular flexibility index (Phi) is 7.84. The molecule has 1 heterocycles. The van der Waals surface area contributed by atoms with Gasteiger partial charge >= 0.3 is 0 Å². The summed E-state index contributed by atoms with van der Waals surface area (Å²) in [6.07, 6.45) is 11.8. The molecule has 96 valence electrons. The summed E-state index contributed by atoms with van der Waals surface area (Å²) in [4.78, 5) is 0. The lowest BCUT2D eigenvalue weighted by atomic mass is 9.91. The Balaban J connectivity index is 2.26. The van der Waals surface area contributed by atoms with Gasteiger partial charge in [0.05, 0.1) is 0 Å².